The molecule has 1 aromatic carbocycles. The van der Waals surface area contributed by atoms with Gasteiger partial charge < -0.3 is 10.0 Å². The Kier molecular flexibility index (Phi) is 4.88. The summed E-state index contributed by atoms with van der Waals surface area (Å²) in [6.45, 7) is 5.55. The van der Waals surface area contributed by atoms with E-state index in [4.69, 9.17) is 6.42 Å². The molecule has 0 aliphatic rings. The molecule has 2 heteroatoms. The highest BCUT2D eigenvalue weighted by Crippen LogP contribution is 2.20. The van der Waals surface area contributed by atoms with Crippen LogP contribution in [0.4, 0.5) is 5.69 Å². The van der Waals surface area contributed by atoms with Gasteiger partial charge in [0.2, 0.25) is 0 Å². The highest BCUT2D eigenvalue weighted by Gasteiger charge is 2.06. The lowest BCUT2D eigenvalue weighted by Gasteiger charge is -2.20. The molecule has 0 spiro atoms. The molecule has 0 bridgehead atoms. The number of benzene rings is 1. The lowest BCUT2D eigenvalue weighted by atomic mass is 10.1. The molecule has 0 heterocycles. The molecule has 0 amide bonds. The summed E-state index contributed by atoms with van der Waals surface area (Å²) in [5.74, 6) is 2.64. The van der Waals surface area contributed by atoms with Gasteiger partial charge in [-0.15, -0.1) is 6.42 Å². The van der Waals surface area contributed by atoms with Crippen molar-refractivity contribution in [3.63, 3.8) is 0 Å². The molecule has 1 atom stereocenters. The Balaban J connectivity index is 2.81. The van der Waals surface area contributed by atoms with E-state index in [1.807, 2.05) is 31.2 Å². The average molecular weight is 217 g/mol. The largest absolute Gasteiger partial charge is 0.388 e. The summed E-state index contributed by atoms with van der Waals surface area (Å²) in [6.07, 6.45) is 5.68. The van der Waals surface area contributed by atoms with Gasteiger partial charge in [0.05, 0.1) is 12.6 Å². The summed E-state index contributed by atoms with van der Waals surface area (Å²) < 4.78 is 0. The zero-order valence-corrected chi connectivity index (χ0v) is 9.98. The maximum atomic E-state index is 9.67. The third kappa shape index (κ3) is 3.01. The molecule has 0 saturated carbocycles. The Labute approximate surface area is 97.9 Å². The van der Waals surface area contributed by atoms with Gasteiger partial charge in [0, 0.05) is 12.2 Å². The van der Waals surface area contributed by atoms with Crippen molar-refractivity contribution in [3.8, 4) is 12.3 Å². The fraction of sp³-hybridized carbons (Fsp3) is 0.429. The van der Waals surface area contributed by atoms with Crippen molar-refractivity contribution < 1.29 is 5.11 Å². The standard InChI is InChI=1S/C14H19NO/c1-4-11-15(6-3)13-9-7-12(8-10-13)14(16)5-2/h1,7-10,14,16H,5-6,11H2,2-3H3/t14-/m0/s1. The molecule has 0 aliphatic carbocycles. The molecule has 86 valence electrons. The number of aliphatic hydroxyl groups is 1. The first kappa shape index (κ1) is 12.6. The molecule has 0 aromatic heterocycles. The van der Waals surface area contributed by atoms with Crippen molar-refractivity contribution in [1.29, 1.82) is 0 Å². The van der Waals surface area contributed by atoms with Crippen molar-refractivity contribution in [2.24, 2.45) is 0 Å². The minimum atomic E-state index is -0.364. The third-order valence-corrected chi connectivity index (χ3v) is 2.69. The third-order valence-electron chi connectivity index (χ3n) is 2.69. The average Bonchev–Trinajstić information content (AvgIpc) is 2.35. The number of anilines is 1. The first-order valence-corrected chi connectivity index (χ1v) is 5.69. The van der Waals surface area contributed by atoms with Crippen molar-refractivity contribution in [3.05, 3.63) is 29.8 Å². The highest BCUT2D eigenvalue weighted by molar-refractivity contribution is 5.48. The Morgan fingerprint density at radius 1 is 1.31 bits per heavy atom. The van der Waals surface area contributed by atoms with E-state index in [9.17, 15) is 5.11 Å². The van der Waals surface area contributed by atoms with Gasteiger partial charge in [0.25, 0.3) is 0 Å². The Bertz CT molecular complexity index is 350. The van der Waals surface area contributed by atoms with Crippen molar-refractivity contribution in [2.45, 2.75) is 26.4 Å². The number of hydrogen-bond acceptors (Lipinski definition) is 2. The number of aliphatic hydroxyl groups excluding tert-OH is 1. The summed E-state index contributed by atoms with van der Waals surface area (Å²) in [5.41, 5.74) is 2.07. The molecule has 0 saturated heterocycles. The van der Waals surface area contributed by atoms with Crippen molar-refractivity contribution in [2.75, 3.05) is 18.0 Å². The predicted molar refractivity (Wildman–Crippen MR) is 68.4 cm³/mol. The first-order valence-electron chi connectivity index (χ1n) is 5.69. The minimum Gasteiger partial charge on any atom is -0.388 e. The second-order valence-corrected chi connectivity index (χ2v) is 3.73. The van der Waals surface area contributed by atoms with Gasteiger partial charge >= 0.3 is 0 Å². The first-order chi connectivity index (χ1) is 7.72. The quantitative estimate of drug-likeness (QED) is 0.766. The van der Waals surface area contributed by atoms with Crippen LogP contribution in [0, 0.1) is 12.3 Å². The van der Waals surface area contributed by atoms with Crippen LogP contribution in [0.1, 0.15) is 31.9 Å². The maximum Gasteiger partial charge on any atom is 0.0791 e. The smallest absolute Gasteiger partial charge is 0.0791 e. The van der Waals surface area contributed by atoms with E-state index in [2.05, 4.69) is 17.7 Å². The summed E-state index contributed by atoms with van der Waals surface area (Å²) >= 11 is 0. The molecule has 0 aliphatic heterocycles. The number of terminal acetylenes is 1. The van der Waals surface area contributed by atoms with Gasteiger partial charge in [-0.05, 0) is 31.0 Å². The van der Waals surface area contributed by atoms with Crippen LogP contribution in [0.2, 0.25) is 0 Å². The fourth-order valence-corrected chi connectivity index (χ4v) is 1.64. The lowest BCUT2D eigenvalue weighted by molar-refractivity contribution is 0.173. The van der Waals surface area contributed by atoms with Crippen molar-refractivity contribution >= 4 is 5.69 Å². The molecule has 0 radical (unpaired) electrons. The molecule has 0 unspecified atom stereocenters. The van der Waals surface area contributed by atoms with Crippen LogP contribution in [0.15, 0.2) is 24.3 Å². The van der Waals surface area contributed by atoms with Crippen molar-refractivity contribution in [1.82, 2.24) is 0 Å². The Hall–Kier alpha value is -1.46. The summed E-state index contributed by atoms with van der Waals surface area (Å²) in [6, 6.07) is 7.94. The number of rotatable bonds is 5. The monoisotopic (exact) mass is 217 g/mol. The lowest BCUT2D eigenvalue weighted by Crippen LogP contribution is -2.22. The van der Waals surface area contributed by atoms with E-state index < -0.39 is 0 Å². The van der Waals surface area contributed by atoms with Gasteiger partial charge in [-0.1, -0.05) is 25.0 Å². The fourth-order valence-electron chi connectivity index (χ4n) is 1.64. The zero-order valence-electron chi connectivity index (χ0n) is 9.98. The molecule has 1 N–H and O–H groups in total. The van der Waals surface area contributed by atoms with Gasteiger partial charge in [0.15, 0.2) is 0 Å². The van der Waals surface area contributed by atoms with E-state index in [-0.39, 0.29) is 6.10 Å². The van der Waals surface area contributed by atoms with E-state index in [0.717, 1.165) is 24.2 Å². The molecular formula is C14H19NO. The SMILES string of the molecule is C#CCN(CC)c1ccc([C@@H](O)CC)cc1. The van der Waals surface area contributed by atoms with Crippen LogP contribution < -0.4 is 4.90 Å². The van der Waals surface area contributed by atoms with Crippen LogP contribution >= 0.6 is 0 Å². The van der Waals surface area contributed by atoms with Crippen LogP contribution in [-0.4, -0.2) is 18.2 Å². The second-order valence-electron chi connectivity index (χ2n) is 3.73. The van der Waals surface area contributed by atoms with Gasteiger partial charge in [0.1, 0.15) is 0 Å². The van der Waals surface area contributed by atoms with E-state index >= 15 is 0 Å². The van der Waals surface area contributed by atoms with Gasteiger partial charge in [-0.3, -0.25) is 0 Å². The second kappa shape index (κ2) is 6.19. The topological polar surface area (TPSA) is 23.5 Å². The molecular weight excluding hydrogens is 198 g/mol. The number of hydrogen-bond donors (Lipinski definition) is 1. The van der Waals surface area contributed by atoms with Gasteiger partial charge in [-0.25, -0.2) is 0 Å². The molecule has 1 aromatic rings. The molecule has 1 rings (SSSR count). The summed E-state index contributed by atoms with van der Waals surface area (Å²) in [4.78, 5) is 2.11. The maximum absolute atomic E-state index is 9.67. The Morgan fingerprint density at radius 3 is 2.38 bits per heavy atom. The molecule has 16 heavy (non-hydrogen) atoms. The van der Waals surface area contributed by atoms with E-state index in [1.54, 1.807) is 0 Å². The summed E-state index contributed by atoms with van der Waals surface area (Å²) in [5, 5.41) is 9.67. The number of nitrogens with zero attached hydrogens (tertiary/aromatic N) is 1. The van der Waals surface area contributed by atoms with Gasteiger partial charge in [-0.2, -0.15) is 0 Å². The molecule has 0 fully saturated rings. The van der Waals surface area contributed by atoms with E-state index in [0.29, 0.717) is 6.54 Å². The van der Waals surface area contributed by atoms with Crippen LogP contribution in [0.25, 0.3) is 0 Å². The normalized spacial score (nSPS) is 11.9. The van der Waals surface area contributed by atoms with Crippen LogP contribution in [0.5, 0.6) is 0 Å². The predicted octanol–water partition coefficient (Wildman–Crippen LogP) is 2.59. The molecule has 2 nitrogen and oxygen atoms in total. The van der Waals surface area contributed by atoms with Crippen LogP contribution in [-0.2, 0) is 0 Å². The van der Waals surface area contributed by atoms with Crippen LogP contribution in [0.3, 0.4) is 0 Å². The highest BCUT2D eigenvalue weighted by atomic mass is 16.3. The Morgan fingerprint density at radius 2 is 1.94 bits per heavy atom. The summed E-state index contributed by atoms with van der Waals surface area (Å²) in [7, 11) is 0. The minimum absolute atomic E-state index is 0.364. The van der Waals surface area contributed by atoms with E-state index in [1.165, 1.54) is 0 Å². The zero-order chi connectivity index (χ0) is 12.0.